The van der Waals surface area contributed by atoms with Crippen molar-refractivity contribution in [1.29, 1.82) is 0 Å². The average molecular weight is 182 g/mol. The summed E-state index contributed by atoms with van der Waals surface area (Å²) < 4.78 is 10.3. The number of aliphatic hydroxyl groups excluding tert-OH is 1. The molecule has 1 saturated heterocycles. The van der Waals surface area contributed by atoms with E-state index in [0.717, 1.165) is 12.6 Å². The highest BCUT2D eigenvalue weighted by Crippen LogP contribution is 2.54. The summed E-state index contributed by atoms with van der Waals surface area (Å²) in [6, 6.07) is 0. The van der Waals surface area contributed by atoms with E-state index >= 15 is 0 Å². The van der Waals surface area contributed by atoms with Gasteiger partial charge in [-0.05, 0) is 18.2 Å². The van der Waals surface area contributed by atoms with Crippen molar-refractivity contribution in [1.82, 2.24) is 0 Å². The van der Waals surface area contributed by atoms with Gasteiger partial charge in [0.15, 0.2) is 6.49 Å². The van der Waals surface area contributed by atoms with Crippen molar-refractivity contribution in [2.24, 2.45) is 0 Å². The van der Waals surface area contributed by atoms with Crippen LogP contribution in [0, 0.1) is 0 Å². The fourth-order valence-corrected chi connectivity index (χ4v) is 3.18. The third-order valence-corrected chi connectivity index (χ3v) is 4.75. The van der Waals surface area contributed by atoms with Gasteiger partial charge in [-0.15, -0.1) is 0 Å². The zero-order valence-electron chi connectivity index (χ0n) is 5.82. The zero-order chi connectivity index (χ0) is 7.61. The normalized spacial score (nSPS) is 40.4. The van der Waals surface area contributed by atoms with Crippen LogP contribution in [0.2, 0.25) is 0 Å². The minimum Gasteiger partial charge on any atom is -0.394 e. The number of rotatable bonds is 2. The highest BCUT2D eigenvalue weighted by molar-refractivity contribution is 8.10. The molecule has 2 atom stereocenters. The summed E-state index contributed by atoms with van der Waals surface area (Å²) in [5, 5.41) is 8.68. The molecule has 0 aromatic rings. The molecular formula is C5H11O3PS. The molecule has 0 saturated carbocycles. The first-order valence-corrected chi connectivity index (χ1v) is 5.96. The van der Waals surface area contributed by atoms with Gasteiger partial charge in [0.2, 0.25) is 0 Å². The molecule has 0 aliphatic carbocycles. The molecule has 60 valence electrons. The van der Waals surface area contributed by atoms with Crippen molar-refractivity contribution in [3.8, 4) is 0 Å². The van der Waals surface area contributed by atoms with Gasteiger partial charge in [-0.1, -0.05) is 0 Å². The molecule has 0 aromatic carbocycles. The third kappa shape index (κ3) is 1.77. The van der Waals surface area contributed by atoms with Crippen LogP contribution in [-0.4, -0.2) is 31.1 Å². The highest BCUT2D eigenvalue weighted by Gasteiger charge is 2.30. The molecule has 1 heterocycles. The molecule has 0 bridgehead atoms. The molecule has 0 spiro atoms. The largest absolute Gasteiger partial charge is 0.394 e. The predicted octanol–water partition coefficient (Wildman–Crippen LogP) is 0.724. The molecule has 1 aliphatic heterocycles. The summed E-state index contributed by atoms with van der Waals surface area (Å²) in [5.74, 6) is 0. The van der Waals surface area contributed by atoms with Crippen LogP contribution >= 0.6 is 6.49 Å². The summed E-state index contributed by atoms with van der Waals surface area (Å²) in [6.45, 7) is -1.89. The summed E-state index contributed by atoms with van der Waals surface area (Å²) in [7, 11) is 1.57. The lowest BCUT2D eigenvalue weighted by atomic mass is 10.3. The zero-order valence-corrected chi connectivity index (χ0v) is 7.53. The number of hydrogen-bond acceptors (Lipinski definition) is 4. The maximum Gasteiger partial charge on any atom is 0.188 e. The van der Waals surface area contributed by atoms with Crippen LogP contribution in [0.1, 0.15) is 6.42 Å². The molecular weight excluding hydrogens is 171 g/mol. The first-order chi connectivity index (χ1) is 4.70. The van der Waals surface area contributed by atoms with E-state index in [-0.39, 0.29) is 12.7 Å². The second-order valence-electron chi connectivity index (χ2n) is 2.22. The van der Waals surface area contributed by atoms with E-state index in [9.17, 15) is 0 Å². The van der Waals surface area contributed by atoms with Crippen LogP contribution in [-0.2, 0) is 20.9 Å². The van der Waals surface area contributed by atoms with Gasteiger partial charge >= 0.3 is 0 Å². The molecule has 0 aromatic heterocycles. The Hall–Kier alpha value is 0.530. The van der Waals surface area contributed by atoms with E-state index in [1.54, 1.807) is 7.11 Å². The Bertz CT molecular complexity index is 161. The Morgan fingerprint density at radius 3 is 2.90 bits per heavy atom. The Morgan fingerprint density at radius 2 is 2.60 bits per heavy atom. The topological polar surface area (TPSA) is 38.7 Å². The lowest BCUT2D eigenvalue weighted by Crippen LogP contribution is -2.08. The smallest absolute Gasteiger partial charge is 0.188 e. The minimum atomic E-state index is -1.95. The van der Waals surface area contributed by atoms with Gasteiger partial charge in [-0.2, -0.15) is 0 Å². The average Bonchev–Trinajstić information content (AvgIpc) is 2.33. The third-order valence-electron chi connectivity index (χ3n) is 1.52. The SMILES string of the molecule is COP1(=S)CCC(CO)O1. The van der Waals surface area contributed by atoms with Crippen molar-refractivity contribution in [3.63, 3.8) is 0 Å². The Morgan fingerprint density at radius 1 is 1.90 bits per heavy atom. The minimum absolute atomic E-state index is 0.0573. The molecule has 0 amide bonds. The molecule has 1 aliphatic rings. The maximum atomic E-state index is 8.68. The molecule has 1 N–H and O–H groups in total. The standard InChI is InChI=1S/C5H11O3PS/c1-7-9(10)3-2-5(4-6)8-9/h5-6H,2-4H2,1H3. The fraction of sp³-hybridized carbons (Fsp3) is 1.00. The van der Waals surface area contributed by atoms with Crippen molar-refractivity contribution in [2.45, 2.75) is 12.5 Å². The van der Waals surface area contributed by atoms with E-state index in [1.807, 2.05) is 0 Å². The van der Waals surface area contributed by atoms with Crippen molar-refractivity contribution >= 4 is 18.3 Å². The van der Waals surface area contributed by atoms with E-state index in [2.05, 4.69) is 0 Å². The molecule has 0 radical (unpaired) electrons. The van der Waals surface area contributed by atoms with Crippen LogP contribution in [0.25, 0.3) is 0 Å². The fourth-order valence-electron chi connectivity index (χ4n) is 0.894. The quantitative estimate of drug-likeness (QED) is 0.639. The summed E-state index contributed by atoms with van der Waals surface area (Å²) >= 11 is 5.07. The molecule has 2 unspecified atom stereocenters. The van der Waals surface area contributed by atoms with E-state index in [1.165, 1.54) is 0 Å². The number of aliphatic hydroxyl groups is 1. The second kappa shape index (κ2) is 3.28. The van der Waals surface area contributed by atoms with Crippen LogP contribution in [0.15, 0.2) is 0 Å². The molecule has 3 nitrogen and oxygen atoms in total. The van der Waals surface area contributed by atoms with E-state index in [0.29, 0.717) is 0 Å². The van der Waals surface area contributed by atoms with Crippen LogP contribution in [0.3, 0.4) is 0 Å². The Kier molecular flexibility index (Phi) is 2.83. The van der Waals surface area contributed by atoms with Gasteiger partial charge in [-0.3, -0.25) is 0 Å². The first kappa shape index (κ1) is 8.62. The van der Waals surface area contributed by atoms with E-state index < -0.39 is 6.49 Å². The maximum absolute atomic E-state index is 8.68. The van der Waals surface area contributed by atoms with Crippen LogP contribution < -0.4 is 0 Å². The highest BCUT2D eigenvalue weighted by atomic mass is 32.5. The van der Waals surface area contributed by atoms with Crippen LogP contribution in [0.5, 0.6) is 0 Å². The van der Waals surface area contributed by atoms with Crippen molar-refractivity contribution in [3.05, 3.63) is 0 Å². The van der Waals surface area contributed by atoms with Gasteiger partial charge in [0, 0.05) is 13.3 Å². The second-order valence-corrected chi connectivity index (χ2v) is 6.13. The van der Waals surface area contributed by atoms with Crippen molar-refractivity contribution < 1.29 is 14.2 Å². The first-order valence-electron chi connectivity index (χ1n) is 3.14. The lowest BCUT2D eigenvalue weighted by molar-refractivity contribution is 0.130. The summed E-state index contributed by atoms with van der Waals surface area (Å²) in [5.41, 5.74) is 0. The Balaban J connectivity index is 2.49. The predicted molar refractivity (Wildman–Crippen MR) is 42.7 cm³/mol. The molecule has 5 heteroatoms. The Labute approximate surface area is 65.5 Å². The van der Waals surface area contributed by atoms with E-state index in [4.69, 9.17) is 26.0 Å². The lowest BCUT2D eigenvalue weighted by Gasteiger charge is -2.12. The molecule has 1 rings (SSSR count). The monoisotopic (exact) mass is 182 g/mol. The van der Waals surface area contributed by atoms with Gasteiger partial charge in [0.1, 0.15) is 0 Å². The van der Waals surface area contributed by atoms with Gasteiger partial charge in [-0.25, -0.2) is 0 Å². The molecule has 10 heavy (non-hydrogen) atoms. The van der Waals surface area contributed by atoms with Gasteiger partial charge < -0.3 is 14.2 Å². The van der Waals surface area contributed by atoms with Crippen molar-refractivity contribution in [2.75, 3.05) is 19.9 Å². The molecule has 1 fully saturated rings. The summed E-state index contributed by atoms with van der Waals surface area (Å²) in [6.07, 6.45) is 1.55. The van der Waals surface area contributed by atoms with Gasteiger partial charge in [0.25, 0.3) is 0 Å². The van der Waals surface area contributed by atoms with Crippen LogP contribution in [0.4, 0.5) is 0 Å². The summed E-state index contributed by atoms with van der Waals surface area (Å²) in [4.78, 5) is 0. The van der Waals surface area contributed by atoms with Gasteiger partial charge in [0.05, 0.1) is 12.7 Å². The number of hydrogen-bond donors (Lipinski definition) is 1.